The van der Waals surface area contributed by atoms with Crippen molar-refractivity contribution >= 4 is 41.3 Å². The fraction of sp³-hybridized carbons (Fsp3) is 0.353. The Morgan fingerprint density at radius 1 is 1.22 bits per heavy atom. The first-order chi connectivity index (χ1) is 10.7. The first-order valence-corrected chi connectivity index (χ1v) is 8.37. The molecule has 0 bridgehead atoms. The number of hydrogen-bond acceptors (Lipinski definition) is 2. The van der Waals surface area contributed by atoms with Crippen molar-refractivity contribution in [3.63, 3.8) is 0 Å². The summed E-state index contributed by atoms with van der Waals surface area (Å²) in [5.74, 6) is 0.917. The summed E-state index contributed by atoms with van der Waals surface area (Å²) in [4.78, 5) is 5.80. The Kier molecular flexibility index (Phi) is 9.16. The molecule has 0 saturated carbocycles. The van der Waals surface area contributed by atoms with E-state index in [9.17, 15) is 4.39 Å². The molecule has 0 aliphatic heterocycles. The van der Waals surface area contributed by atoms with E-state index in [0.29, 0.717) is 24.0 Å². The van der Waals surface area contributed by atoms with Crippen molar-refractivity contribution in [3.05, 3.63) is 58.0 Å². The Balaban J connectivity index is 0.00000264. The maximum absolute atomic E-state index is 13.6. The van der Waals surface area contributed by atoms with Crippen molar-refractivity contribution in [1.29, 1.82) is 0 Å². The molecule has 126 valence electrons. The lowest BCUT2D eigenvalue weighted by atomic mass is 10.1. The van der Waals surface area contributed by atoms with Gasteiger partial charge in [-0.2, -0.15) is 0 Å². The fourth-order valence-corrected chi connectivity index (χ4v) is 2.84. The van der Waals surface area contributed by atoms with E-state index in [1.54, 1.807) is 23.5 Å². The van der Waals surface area contributed by atoms with Gasteiger partial charge in [0.05, 0.1) is 6.54 Å². The van der Waals surface area contributed by atoms with E-state index >= 15 is 0 Å². The summed E-state index contributed by atoms with van der Waals surface area (Å²) in [5, 5.41) is 8.60. The lowest BCUT2D eigenvalue weighted by Gasteiger charge is -2.15. The first kappa shape index (κ1) is 19.9. The van der Waals surface area contributed by atoms with Crippen molar-refractivity contribution < 1.29 is 4.39 Å². The van der Waals surface area contributed by atoms with Crippen molar-refractivity contribution in [2.45, 2.75) is 26.3 Å². The Labute approximate surface area is 158 Å². The van der Waals surface area contributed by atoms with Gasteiger partial charge in [0.2, 0.25) is 0 Å². The zero-order chi connectivity index (χ0) is 15.8. The van der Waals surface area contributed by atoms with Crippen LogP contribution in [0.1, 0.15) is 30.2 Å². The molecule has 0 spiro atoms. The molecule has 1 aromatic heterocycles. The largest absolute Gasteiger partial charge is 0.357 e. The highest BCUT2D eigenvalue weighted by Crippen LogP contribution is 2.19. The maximum atomic E-state index is 13.6. The molecule has 0 radical (unpaired) electrons. The van der Waals surface area contributed by atoms with Crippen molar-refractivity contribution in [1.82, 2.24) is 10.6 Å². The molecule has 6 heteroatoms. The van der Waals surface area contributed by atoms with Crippen LogP contribution in [0.15, 0.2) is 46.8 Å². The summed E-state index contributed by atoms with van der Waals surface area (Å²) in [6.07, 6.45) is 0. The van der Waals surface area contributed by atoms with E-state index in [0.717, 1.165) is 13.1 Å². The van der Waals surface area contributed by atoms with Crippen molar-refractivity contribution in [2.24, 2.45) is 4.99 Å². The summed E-state index contributed by atoms with van der Waals surface area (Å²) in [6.45, 7) is 6.09. The van der Waals surface area contributed by atoms with Gasteiger partial charge < -0.3 is 10.6 Å². The van der Waals surface area contributed by atoms with Gasteiger partial charge in [0.25, 0.3) is 0 Å². The molecule has 1 heterocycles. The Hall–Kier alpha value is -1.15. The van der Waals surface area contributed by atoms with Crippen LogP contribution in [0.3, 0.4) is 0 Å². The molecule has 2 rings (SSSR count). The van der Waals surface area contributed by atoms with Gasteiger partial charge in [-0.3, -0.25) is 0 Å². The van der Waals surface area contributed by atoms with Gasteiger partial charge in [0.15, 0.2) is 5.96 Å². The average molecular weight is 447 g/mol. The number of benzene rings is 1. The molecule has 0 fully saturated rings. The predicted molar refractivity (Wildman–Crippen MR) is 107 cm³/mol. The van der Waals surface area contributed by atoms with Gasteiger partial charge >= 0.3 is 0 Å². The monoisotopic (exact) mass is 447 g/mol. The van der Waals surface area contributed by atoms with Gasteiger partial charge in [0.1, 0.15) is 5.82 Å². The number of nitrogens with one attached hydrogen (secondary N) is 2. The van der Waals surface area contributed by atoms with E-state index in [1.165, 1.54) is 10.9 Å². The molecule has 2 N–H and O–H groups in total. The predicted octanol–water partition coefficient (Wildman–Crippen LogP) is 4.36. The first-order valence-electron chi connectivity index (χ1n) is 7.49. The molecule has 23 heavy (non-hydrogen) atoms. The Morgan fingerprint density at radius 3 is 2.65 bits per heavy atom. The highest BCUT2D eigenvalue weighted by molar-refractivity contribution is 14.0. The van der Waals surface area contributed by atoms with Crippen LogP contribution in [0.2, 0.25) is 0 Å². The number of nitrogens with zero attached hydrogens (tertiary/aromatic N) is 1. The van der Waals surface area contributed by atoms with Crippen LogP contribution in [-0.4, -0.2) is 19.0 Å². The SMILES string of the molecule is CCNC(=NCc1ccccc1F)NCC(C)c1cccs1.I. The standard InChI is InChI=1S/C17H22FN3S.HI/c1-3-19-17(20-11-13(2)16-9-6-10-22-16)21-12-14-7-4-5-8-15(14)18;/h4-10,13H,3,11-12H2,1-2H3,(H2,19,20,21);1H. The number of thiophene rings is 1. The van der Waals surface area contributed by atoms with E-state index in [4.69, 9.17) is 0 Å². The molecular weight excluding hydrogens is 424 g/mol. The minimum absolute atomic E-state index is 0. The zero-order valence-corrected chi connectivity index (χ0v) is 16.5. The minimum atomic E-state index is -0.214. The summed E-state index contributed by atoms with van der Waals surface area (Å²) in [7, 11) is 0. The minimum Gasteiger partial charge on any atom is -0.357 e. The van der Waals surface area contributed by atoms with Crippen molar-refractivity contribution in [2.75, 3.05) is 13.1 Å². The topological polar surface area (TPSA) is 36.4 Å². The number of aliphatic imine (C=N–C) groups is 1. The third kappa shape index (κ3) is 6.47. The van der Waals surface area contributed by atoms with Crippen LogP contribution in [-0.2, 0) is 6.54 Å². The van der Waals surface area contributed by atoms with Crippen LogP contribution < -0.4 is 10.6 Å². The van der Waals surface area contributed by atoms with Crippen molar-refractivity contribution in [3.8, 4) is 0 Å². The second-order valence-corrected chi connectivity index (χ2v) is 6.06. The fourth-order valence-electron chi connectivity index (χ4n) is 2.05. The number of halogens is 2. The van der Waals surface area contributed by atoms with Gasteiger partial charge in [-0.25, -0.2) is 9.38 Å². The molecule has 0 amide bonds. The van der Waals surface area contributed by atoms with Crippen LogP contribution in [0, 0.1) is 5.82 Å². The zero-order valence-electron chi connectivity index (χ0n) is 13.4. The molecular formula is C17H23FIN3S. The van der Waals surface area contributed by atoms with E-state index < -0.39 is 0 Å². The third-order valence-electron chi connectivity index (χ3n) is 3.31. The van der Waals surface area contributed by atoms with Gasteiger partial charge in [-0.1, -0.05) is 31.2 Å². The molecule has 2 aromatic rings. The molecule has 0 aliphatic rings. The summed E-state index contributed by atoms with van der Waals surface area (Å²) >= 11 is 1.76. The van der Waals surface area contributed by atoms with Crippen LogP contribution in [0.5, 0.6) is 0 Å². The smallest absolute Gasteiger partial charge is 0.191 e. The van der Waals surface area contributed by atoms with E-state index in [2.05, 4.69) is 40.1 Å². The molecule has 1 aromatic carbocycles. The van der Waals surface area contributed by atoms with Gasteiger partial charge in [-0.05, 0) is 24.4 Å². The third-order valence-corrected chi connectivity index (χ3v) is 4.42. The Bertz CT molecular complexity index is 602. The second kappa shape index (κ2) is 10.6. The summed E-state index contributed by atoms with van der Waals surface area (Å²) < 4.78 is 13.6. The van der Waals surface area contributed by atoms with E-state index in [-0.39, 0.29) is 29.8 Å². The van der Waals surface area contributed by atoms with Gasteiger partial charge in [0, 0.05) is 29.4 Å². The molecule has 1 unspecified atom stereocenters. The quantitative estimate of drug-likeness (QED) is 0.392. The lowest BCUT2D eigenvalue weighted by Crippen LogP contribution is -2.39. The molecule has 1 atom stereocenters. The van der Waals surface area contributed by atoms with Gasteiger partial charge in [-0.15, -0.1) is 35.3 Å². The molecule has 0 saturated heterocycles. The summed E-state index contributed by atoms with van der Waals surface area (Å²) in [5.41, 5.74) is 0.603. The summed E-state index contributed by atoms with van der Waals surface area (Å²) in [6, 6.07) is 10.9. The lowest BCUT2D eigenvalue weighted by molar-refractivity contribution is 0.610. The number of hydrogen-bond donors (Lipinski definition) is 2. The maximum Gasteiger partial charge on any atom is 0.191 e. The van der Waals surface area contributed by atoms with Crippen LogP contribution >= 0.6 is 35.3 Å². The highest BCUT2D eigenvalue weighted by Gasteiger charge is 2.07. The number of rotatable bonds is 6. The average Bonchev–Trinajstić information content (AvgIpc) is 3.05. The normalized spacial score (nSPS) is 12.4. The highest BCUT2D eigenvalue weighted by atomic mass is 127. The van der Waals surface area contributed by atoms with E-state index in [1.807, 2.05) is 13.0 Å². The Morgan fingerprint density at radius 2 is 2.00 bits per heavy atom. The van der Waals surface area contributed by atoms with Crippen LogP contribution in [0.4, 0.5) is 4.39 Å². The molecule has 3 nitrogen and oxygen atoms in total. The van der Waals surface area contributed by atoms with Crippen LogP contribution in [0.25, 0.3) is 0 Å². The molecule has 0 aliphatic carbocycles. The number of guanidine groups is 1. The second-order valence-electron chi connectivity index (χ2n) is 5.08.